The summed E-state index contributed by atoms with van der Waals surface area (Å²) in [6.45, 7) is 3.45. The van der Waals surface area contributed by atoms with Crippen molar-refractivity contribution in [2.45, 2.75) is 19.4 Å². The summed E-state index contributed by atoms with van der Waals surface area (Å²) in [6.07, 6.45) is 0. The van der Waals surface area contributed by atoms with E-state index < -0.39 is 23.4 Å². The number of rotatable bonds is 4. The molecule has 2 N–H and O–H groups in total. The van der Waals surface area contributed by atoms with E-state index in [1.54, 1.807) is 49.4 Å². The van der Waals surface area contributed by atoms with Gasteiger partial charge in [0.1, 0.15) is 11.3 Å². The van der Waals surface area contributed by atoms with Crippen LogP contribution in [0.3, 0.4) is 0 Å². The molecule has 0 aliphatic carbocycles. The number of nitrogens with one attached hydrogen (secondary N) is 2. The highest BCUT2D eigenvalue weighted by Crippen LogP contribution is 2.28. The van der Waals surface area contributed by atoms with Crippen molar-refractivity contribution in [1.29, 1.82) is 0 Å². The maximum Gasteiger partial charge on any atom is 0.344 e. The summed E-state index contributed by atoms with van der Waals surface area (Å²) in [4.78, 5) is 37.5. The molecule has 0 saturated carbocycles. The van der Waals surface area contributed by atoms with Crippen LogP contribution in [0.5, 0.6) is 5.75 Å². The van der Waals surface area contributed by atoms with E-state index in [1.165, 1.54) is 7.11 Å². The minimum absolute atomic E-state index is 0.279. The topological polar surface area (TPSA) is 87.7 Å². The fraction of sp³-hybridized carbons (Fsp3) is 0.211. The lowest BCUT2D eigenvalue weighted by Gasteiger charge is -2.22. The number of hydrazine groups is 1. The maximum absolute atomic E-state index is 12.8. The zero-order chi connectivity index (χ0) is 18.9. The zero-order valence-corrected chi connectivity index (χ0v) is 14.7. The van der Waals surface area contributed by atoms with Crippen LogP contribution in [0.15, 0.2) is 48.5 Å². The second-order valence-electron chi connectivity index (χ2n) is 6.19. The van der Waals surface area contributed by atoms with Crippen molar-refractivity contribution in [2.75, 3.05) is 7.11 Å². The molecule has 2 aromatic carbocycles. The predicted molar refractivity (Wildman–Crippen MR) is 94.4 cm³/mol. The molecule has 1 aliphatic heterocycles. The molecule has 7 nitrogen and oxygen atoms in total. The van der Waals surface area contributed by atoms with E-state index in [9.17, 15) is 14.4 Å². The lowest BCUT2D eigenvalue weighted by Crippen LogP contribution is -2.47. The number of methoxy groups -OCH3 is 1. The third kappa shape index (κ3) is 2.88. The van der Waals surface area contributed by atoms with Crippen LogP contribution in [0.4, 0.5) is 4.79 Å². The fourth-order valence-electron chi connectivity index (χ4n) is 2.84. The molecule has 1 fully saturated rings. The van der Waals surface area contributed by atoms with Crippen molar-refractivity contribution in [1.82, 2.24) is 15.8 Å². The summed E-state index contributed by atoms with van der Waals surface area (Å²) in [5.74, 6) is -0.589. The monoisotopic (exact) mass is 353 g/mol. The lowest BCUT2D eigenvalue weighted by molar-refractivity contribution is -0.132. The van der Waals surface area contributed by atoms with E-state index in [2.05, 4.69) is 10.7 Å². The Bertz CT molecular complexity index is 882. The molecule has 7 heteroatoms. The highest BCUT2D eigenvalue weighted by atomic mass is 16.5. The Hall–Kier alpha value is -3.35. The minimum atomic E-state index is -1.24. The van der Waals surface area contributed by atoms with Gasteiger partial charge >= 0.3 is 6.03 Å². The van der Waals surface area contributed by atoms with Gasteiger partial charge in [-0.25, -0.2) is 4.79 Å². The third-order valence-corrected chi connectivity index (χ3v) is 4.43. The first-order valence-corrected chi connectivity index (χ1v) is 8.04. The van der Waals surface area contributed by atoms with Gasteiger partial charge in [-0.15, -0.1) is 0 Å². The largest absolute Gasteiger partial charge is 0.496 e. The van der Waals surface area contributed by atoms with Crippen LogP contribution in [-0.2, 0) is 10.3 Å². The van der Waals surface area contributed by atoms with E-state index in [-0.39, 0.29) is 5.56 Å². The number of benzene rings is 2. The average molecular weight is 353 g/mol. The van der Waals surface area contributed by atoms with Crippen LogP contribution >= 0.6 is 0 Å². The number of hydrogen-bond acceptors (Lipinski definition) is 4. The van der Waals surface area contributed by atoms with Crippen molar-refractivity contribution in [2.24, 2.45) is 0 Å². The van der Waals surface area contributed by atoms with Crippen LogP contribution in [-0.4, -0.2) is 30.0 Å². The Morgan fingerprint density at radius 2 is 1.85 bits per heavy atom. The maximum atomic E-state index is 12.8. The first kappa shape index (κ1) is 17.5. The quantitative estimate of drug-likeness (QED) is 0.824. The molecule has 26 heavy (non-hydrogen) atoms. The number of nitrogens with zero attached hydrogens (tertiary/aromatic N) is 1. The molecule has 0 bridgehead atoms. The Morgan fingerprint density at radius 3 is 2.50 bits per heavy atom. The number of amides is 4. The molecule has 0 aromatic heterocycles. The summed E-state index contributed by atoms with van der Waals surface area (Å²) in [6, 6.07) is 13.1. The van der Waals surface area contributed by atoms with E-state index in [0.29, 0.717) is 16.3 Å². The third-order valence-electron chi connectivity index (χ3n) is 4.43. The molecule has 3 rings (SSSR count). The smallest absolute Gasteiger partial charge is 0.344 e. The number of carbonyl (C=O) groups is 3. The van der Waals surface area contributed by atoms with Crippen molar-refractivity contribution < 1.29 is 19.1 Å². The first-order valence-electron chi connectivity index (χ1n) is 8.04. The molecule has 2 aromatic rings. The summed E-state index contributed by atoms with van der Waals surface area (Å²) in [5, 5.41) is 3.34. The van der Waals surface area contributed by atoms with Gasteiger partial charge in [-0.05, 0) is 37.1 Å². The van der Waals surface area contributed by atoms with Crippen LogP contribution in [0.1, 0.15) is 28.4 Å². The van der Waals surface area contributed by atoms with Gasteiger partial charge in [-0.1, -0.05) is 36.4 Å². The molecule has 1 aliphatic rings. The Balaban J connectivity index is 1.83. The number of imide groups is 1. The van der Waals surface area contributed by atoms with Gasteiger partial charge in [-0.2, -0.15) is 5.01 Å². The van der Waals surface area contributed by atoms with E-state index in [4.69, 9.17) is 4.74 Å². The SMILES string of the molecule is COc1cc(C(=O)NN2C(=O)NC(C)(c3ccccc3)C2=O)ccc1C. The van der Waals surface area contributed by atoms with Crippen LogP contribution in [0.2, 0.25) is 0 Å². The van der Waals surface area contributed by atoms with Gasteiger partial charge in [0.2, 0.25) is 0 Å². The zero-order valence-electron chi connectivity index (χ0n) is 14.7. The van der Waals surface area contributed by atoms with Crippen LogP contribution < -0.4 is 15.5 Å². The summed E-state index contributed by atoms with van der Waals surface area (Å²) < 4.78 is 5.20. The van der Waals surface area contributed by atoms with Gasteiger partial charge in [0, 0.05) is 5.56 Å². The van der Waals surface area contributed by atoms with Crippen molar-refractivity contribution >= 4 is 17.8 Å². The molecule has 1 saturated heterocycles. The van der Waals surface area contributed by atoms with Gasteiger partial charge in [-0.3, -0.25) is 15.0 Å². The molecule has 0 spiro atoms. The number of urea groups is 1. The van der Waals surface area contributed by atoms with Gasteiger partial charge < -0.3 is 10.1 Å². The standard InChI is InChI=1S/C19H19N3O4/c1-12-9-10-13(11-15(12)26-3)16(23)21-22-17(24)19(2,20-18(22)25)14-7-5-4-6-8-14/h4-11H,1-3H3,(H,20,25)(H,21,23). The number of ether oxygens (including phenoxy) is 1. The van der Waals surface area contributed by atoms with Crippen LogP contribution in [0, 0.1) is 6.92 Å². The summed E-state index contributed by atoms with van der Waals surface area (Å²) in [5.41, 5.74) is 2.91. The van der Waals surface area contributed by atoms with Gasteiger partial charge in [0.15, 0.2) is 0 Å². The van der Waals surface area contributed by atoms with Gasteiger partial charge in [0.05, 0.1) is 7.11 Å². The second kappa shape index (κ2) is 6.51. The molecule has 1 atom stereocenters. The Kier molecular flexibility index (Phi) is 4.38. The summed E-state index contributed by atoms with van der Waals surface area (Å²) in [7, 11) is 1.51. The number of carbonyl (C=O) groups excluding carboxylic acids is 3. The van der Waals surface area contributed by atoms with Crippen molar-refractivity contribution in [3.8, 4) is 5.75 Å². The van der Waals surface area contributed by atoms with Crippen LogP contribution in [0.25, 0.3) is 0 Å². The number of aryl methyl sites for hydroxylation is 1. The molecular weight excluding hydrogens is 334 g/mol. The van der Waals surface area contributed by atoms with Crippen molar-refractivity contribution in [3.05, 3.63) is 65.2 Å². The highest BCUT2D eigenvalue weighted by Gasteiger charge is 2.50. The molecule has 1 heterocycles. The Labute approximate surface area is 150 Å². The van der Waals surface area contributed by atoms with E-state index in [0.717, 1.165) is 5.56 Å². The fourth-order valence-corrected chi connectivity index (χ4v) is 2.84. The first-order chi connectivity index (χ1) is 12.4. The minimum Gasteiger partial charge on any atom is -0.496 e. The average Bonchev–Trinajstić information content (AvgIpc) is 2.87. The molecule has 0 radical (unpaired) electrons. The van der Waals surface area contributed by atoms with E-state index >= 15 is 0 Å². The lowest BCUT2D eigenvalue weighted by atomic mass is 9.92. The molecular formula is C19H19N3O4. The normalized spacial score (nSPS) is 19.3. The molecule has 1 unspecified atom stereocenters. The second-order valence-corrected chi connectivity index (χ2v) is 6.19. The Morgan fingerprint density at radius 1 is 1.15 bits per heavy atom. The summed E-state index contributed by atoms with van der Waals surface area (Å²) >= 11 is 0. The van der Waals surface area contributed by atoms with Gasteiger partial charge in [0.25, 0.3) is 11.8 Å². The van der Waals surface area contributed by atoms with Crippen molar-refractivity contribution in [3.63, 3.8) is 0 Å². The molecule has 4 amide bonds. The molecule has 134 valence electrons. The number of hydrogen-bond donors (Lipinski definition) is 2. The predicted octanol–water partition coefficient (Wildman–Crippen LogP) is 2.12. The van der Waals surface area contributed by atoms with E-state index in [1.807, 2.05) is 13.0 Å². The highest BCUT2D eigenvalue weighted by molar-refractivity contribution is 6.09.